The highest BCUT2D eigenvalue weighted by Crippen LogP contribution is 2.22. The molecule has 1 heterocycles. The number of tetrazole rings is 1. The zero-order chi connectivity index (χ0) is 20.8. The predicted molar refractivity (Wildman–Crippen MR) is 110 cm³/mol. The van der Waals surface area contributed by atoms with Gasteiger partial charge in [-0.15, -0.1) is 5.10 Å². The maximum Gasteiger partial charge on any atom is 0.319 e. The maximum atomic E-state index is 12.5. The molecule has 0 aliphatic rings. The van der Waals surface area contributed by atoms with Crippen molar-refractivity contribution in [1.82, 2.24) is 30.4 Å². The predicted octanol–water partition coefficient (Wildman–Crippen LogP) is 2.40. The molecule has 152 valence electrons. The molecule has 2 aromatic carbocycles. The Balaban J connectivity index is 1.66. The molecule has 0 saturated heterocycles. The quantitative estimate of drug-likeness (QED) is 0.638. The molecule has 2 amide bonds. The van der Waals surface area contributed by atoms with Crippen molar-refractivity contribution in [3.63, 3.8) is 0 Å². The molecular weight excluding hydrogens is 370 g/mol. The lowest BCUT2D eigenvalue weighted by Crippen LogP contribution is -2.36. The normalized spacial score (nSPS) is 11.9. The fourth-order valence-corrected chi connectivity index (χ4v) is 3.02. The number of carbonyl (C=O) groups excluding carboxylic acids is 1. The smallest absolute Gasteiger partial charge is 0.319 e. The second-order valence-corrected chi connectivity index (χ2v) is 6.85. The summed E-state index contributed by atoms with van der Waals surface area (Å²) in [6.45, 7) is 2.40. The topological polar surface area (TPSA) is 97.2 Å². The first-order chi connectivity index (χ1) is 14.0. The van der Waals surface area contributed by atoms with Gasteiger partial charge < -0.3 is 20.3 Å². The SMILES string of the molecule is COc1cccc(C(CNC(=O)Nc2ccc(C)c(-n3cnnn3)c2)N(C)C)c1. The van der Waals surface area contributed by atoms with E-state index in [9.17, 15) is 4.79 Å². The average molecular weight is 395 g/mol. The number of hydrogen-bond donors (Lipinski definition) is 2. The molecule has 9 heteroatoms. The van der Waals surface area contributed by atoms with Gasteiger partial charge in [-0.05, 0) is 66.8 Å². The van der Waals surface area contributed by atoms with Crippen molar-refractivity contribution < 1.29 is 9.53 Å². The van der Waals surface area contributed by atoms with Gasteiger partial charge in [0.2, 0.25) is 0 Å². The van der Waals surface area contributed by atoms with E-state index in [0.717, 1.165) is 22.6 Å². The van der Waals surface area contributed by atoms with E-state index < -0.39 is 0 Å². The van der Waals surface area contributed by atoms with E-state index in [-0.39, 0.29) is 12.1 Å². The van der Waals surface area contributed by atoms with Gasteiger partial charge in [0.1, 0.15) is 12.1 Å². The molecule has 0 fully saturated rings. The van der Waals surface area contributed by atoms with Gasteiger partial charge >= 0.3 is 6.03 Å². The van der Waals surface area contributed by atoms with Crippen molar-refractivity contribution in [1.29, 1.82) is 0 Å². The summed E-state index contributed by atoms with van der Waals surface area (Å²) >= 11 is 0. The Bertz CT molecular complexity index is 957. The number of carbonyl (C=O) groups is 1. The Morgan fingerprint density at radius 2 is 2.07 bits per heavy atom. The highest BCUT2D eigenvalue weighted by Gasteiger charge is 2.16. The summed E-state index contributed by atoms with van der Waals surface area (Å²) in [4.78, 5) is 14.5. The molecule has 29 heavy (non-hydrogen) atoms. The van der Waals surface area contributed by atoms with Crippen molar-refractivity contribution in [2.75, 3.05) is 33.1 Å². The molecule has 0 radical (unpaired) electrons. The van der Waals surface area contributed by atoms with Crippen molar-refractivity contribution >= 4 is 11.7 Å². The van der Waals surface area contributed by atoms with Crippen LogP contribution in [-0.2, 0) is 0 Å². The van der Waals surface area contributed by atoms with Crippen LogP contribution in [0, 0.1) is 6.92 Å². The van der Waals surface area contributed by atoms with E-state index in [0.29, 0.717) is 12.2 Å². The van der Waals surface area contributed by atoms with Gasteiger partial charge in [-0.1, -0.05) is 18.2 Å². The molecule has 9 nitrogen and oxygen atoms in total. The lowest BCUT2D eigenvalue weighted by atomic mass is 10.1. The minimum Gasteiger partial charge on any atom is -0.497 e. The summed E-state index contributed by atoms with van der Waals surface area (Å²) in [6.07, 6.45) is 1.52. The number of rotatable bonds is 7. The van der Waals surface area contributed by atoms with Gasteiger partial charge in [-0.2, -0.15) is 0 Å². The Kier molecular flexibility index (Phi) is 6.40. The molecule has 1 atom stereocenters. The van der Waals surface area contributed by atoms with Crippen molar-refractivity contribution in [2.24, 2.45) is 0 Å². The van der Waals surface area contributed by atoms with Crippen molar-refractivity contribution in [2.45, 2.75) is 13.0 Å². The van der Waals surface area contributed by atoms with Crippen LogP contribution in [0.25, 0.3) is 5.69 Å². The first kappa shape index (κ1) is 20.3. The molecule has 0 spiro atoms. The zero-order valence-corrected chi connectivity index (χ0v) is 17.0. The summed E-state index contributed by atoms with van der Waals surface area (Å²) < 4.78 is 6.87. The van der Waals surface area contributed by atoms with Crippen LogP contribution >= 0.6 is 0 Å². The number of hydrogen-bond acceptors (Lipinski definition) is 6. The Morgan fingerprint density at radius 3 is 2.76 bits per heavy atom. The second kappa shape index (κ2) is 9.16. The molecule has 0 saturated carbocycles. The van der Waals surface area contributed by atoms with E-state index in [1.165, 1.54) is 6.33 Å². The van der Waals surface area contributed by atoms with E-state index in [1.807, 2.05) is 63.5 Å². The number of aromatic nitrogens is 4. The van der Waals surface area contributed by atoms with Crippen LogP contribution < -0.4 is 15.4 Å². The summed E-state index contributed by atoms with van der Waals surface area (Å²) in [5.41, 5.74) is 3.51. The maximum absolute atomic E-state index is 12.5. The van der Waals surface area contributed by atoms with Crippen molar-refractivity contribution in [3.8, 4) is 11.4 Å². The van der Waals surface area contributed by atoms with E-state index in [4.69, 9.17) is 4.74 Å². The molecule has 1 unspecified atom stereocenters. The molecule has 3 rings (SSSR count). The summed E-state index contributed by atoms with van der Waals surface area (Å²) in [5, 5.41) is 17.0. The molecule has 1 aromatic heterocycles. The van der Waals surface area contributed by atoms with Gasteiger partial charge in [0.05, 0.1) is 18.8 Å². The number of nitrogens with one attached hydrogen (secondary N) is 2. The highest BCUT2D eigenvalue weighted by atomic mass is 16.5. The van der Waals surface area contributed by atoms with Crippen LogP contribution in [0.5, 0.6) is 5.75 Å². The van der Waals surface area contributed by atoms with Gasteiger partial charge in [0.15, 0.2) is 0 Å². The van der Waals surface area contributed by atoms with Gasteiger partial charge in [-0.25, -0.2) is 9.48 Å². The van der Waals surface area contributed by atoms with Gasteiger partial charge in [-0.3, -0.25) is 0 Å². The number of nitrogens with zero attached hydrogens (tertiary/aromatic N) is 5. The lowest BCUT2D eigenvalue weighted by Gasteiger charge is -2.25. The fraction of sp³-hybridized carbons (Fsp3) is 0.300. The van der Waals surface area contributed by atoms with E-state index in [2.05, 4.69) is 31.1 Å². The molecule has 2 N–H and O–H groups in total. The molecular formula is C20H25N7O2. The molecule has 0 aliphatic carbocycles. The summed E-state index contributed by atoms with van der Waals surface area (Å²) in [5.74, 6) is 0.786. The Morgan fingerprint density at radius 1 is 1.24 bits per heavy atom. The largest absolute Gasteiger partial charge is 0.497 e. The fourth-order valence-electron chi connectivity index (χ4n) is 3.02. The number of anilines is 1. The highest BCUT2D eigenvalue weighted by molar-refractivity contribution is 5.89. The van der Waals surface area contributed by atoms with E-state index in [1.54, 1.807) is 11.8 Å². The number of ether oxygens (including phenoxy) is 1. The molecule has 0 bridgehead atoms. The minimum atomic E-state index is -0.286. The third-order valence-electron chi connectivity index (χ3n) is 4.62. The Labute approximate surface area is 169 Å². The molecule has 3 aromatic rings. The monoisotopic (exact) mass is 395 g/mol. The summed E-state index contributed by atoms with van der Waals surface area (Å²) in [7, 11) is 5.59. The lowest BCUT2D eigenvalue weighted by molar-refractivity contribution is 0.243. The first-order valence-corrected chi connectivity index (χ1v) is 9.17. The van der Waals surface area contributed by atoms with Crippen LogP contribution in [0.15, 0.2) is 48.8 Å². The number of methoxy groups -OCH3 is 1. The van der Waals surface area contributed by atoms with Crippen molar-refractivity contribution in [3.05, 3.63) is 59.9 Å². The van der Waals surface area contributed by atoms with Crippen LogP contribution in [0.2, 0.25) is 0 Å². The van der Waals surface area contributed by atoms with Gasteiger partial charge in [0.25, 0.3) is 0 Å². The number of aryl methyl sites for hydroxylation is 1. The third kappa shape index (κ3) is 5.08. The van der Waals surface area contributed by atoms with Crippen LogP contribution in [0.3, 0.4) is 0 Å². The van der Waals surface area contributed by atoms with E-state index >= 15 is 0 Å². The average Bonchev–Trinajstić information content (AvgIpc) is 3.24. The first-order valence-electron chi connectivity index (χ1n) is 9.17. The van der Waals surface area contributed by atoms with Gasteiger partial charge in [0, 0.05) is 12.2 Å². The zero-order valence-electron chi connectivity index (χ0n) is 17.0. The number of amides is 2. The minimum absolute atomic E-state index is 0.00523. The van der Waals surface area contributed by atoms with Crippen LogP contribution in [0.4, 0.5) is 10.5 Å². The number of benzene rings is 2. The van der Waals surface area contributed by atoms with Crippen LogP contribution in [-0.4, -0.2) is 58.9 Å². The number of urea groups is 1. The Hall–Kier alpha value is -3.46. The van der Waals surface area contributed by atoms with Crippen LogP contribution in [0.1, 0.15) is 17.2 Å². The second-order valence-electron chi connectivity index (χ2n) is 6.85. The standard InChI is InChI=1S/C20H25N7O2/c1-14-8-9-16(11-18(14)27-13-22-24-25-27)23-20(28)21-12-19(26(2)3)15-6-5-7-17(10-15)29-4/h5-11,13,19H,12H2,1-4H3,(H2,21,23,28). The number of likely N-dealkylation sites (N-methyl/N-ethyl adjacent to an activating group) is 1. The molecule has 0 aliphatic heterocycles. The summed E-state index contributed by atoms with van der Waals surface area (Å²) in [6, 6.07) is 13.1. The third-order valence-corrected chi connectivity index (χ3v) is 4.62.